The number of halogens is 3. The summed E-state index contributed by atoms with van der Waals surface area (Å²) in [6.45, 7) is 7.32. The van der Waals surface area contributed by atoms with Gasteiger partial charge in [0, 0.05) is 25.7 Å². The fourth-order valence-corrected chi connectivity index (χ4v) is 3.10. The summed E-state index contributed by atoms with van der Waals surface area (Å²) in [6.07, 6.45) is 0. The normalized spacial score (nSPS) is 10.6. The highest BCUT2D eigenvalue weighted by atomic mass is 19.2. The Morgan fingerprint density at radius 3 is 2.15 bits per heavy atom. The molecule has 0 saturated carbocycles. The molecule has 2 amide bonds. The molecule has 0 saturated heterocycles. The van der Waals surface area contributed by atoms with Gasteiger partial charge in [-0.2, -0.15) is 0 Å². The van der Waals surface area contributed by atoms with Gasteiger partial charge in [-0.1, -0.05) is 17.7 Å². The third-order valence-electron chi connectivity index (χ3n) is 4.19. The van der Waals surface area contributed by atoms with E-state index in [1.807, 2.05) is 32.9 Å². The van der Waals surface area contributed by atoms with Crippen molar-refractivity contribution in [1.29, 1.82) is 0 Å². The van der Waals surface area contributed by atoms with Gasteiger partial charge >= 0.3 is 0 Å². The van der Waals surface area contributed by atoms with Crippen LogP contribution in [0.2, 0.25) is 0 Å². The molecule has 0 radical (unpaired) electrons. The summed E-state index contributed by atoms with van der Waals surface area (Å²) in [5.41, 5.74) is 3.06. The number of hydrogen-bond donors (Lipinski definition) is 1. The zero-order valence-electron chi connectivity index (χ0n) is 15.6. The van der Waals surface area contributed by atoms with E-state index in [0.717, 1.165) is 28.4 Å². The molecule has 0 spiro atoms. The van der Waals surface area contributed by atoms with Crippen molar-refractivity contribution in [3.63, 3.8) is 0 Å². The number of carbonyl (C=O) groups is 2. The number of benzene rings is 2. The number of anilines is 1. The lowest BCUT2D eigenvalue weighted by atomic mass is 10.0. The second-order valence-electron chi connectivity index (χ2n) is 6.40. The standard InChI is InChI=1S/C20H21F3N2O2/c1-11-9-12(2)19(13(3)10-11)25(14(4)26)8-7-24-20(27)15-5-6-16(21)18(23)17(15)22/h5-6,9-10H,7-8H2,1-4H3,(H,24,27). The maximum absolute atomic E-state index is 13.7. The molecule has 0 heterocycles. The summed E-state index contributed by atoms with van der Waals surface area (Å²) in [5, 5.41) is 2.43. The van der Waals surface area contributed by atoms with Crippen LogP contribution in [-0.4, -0.2) is 24.9 Å². The molecule has 0 atom stereocenters. The molecular weight excluding hydrogens is 357 g/mol. The van der Waals surface area contributed by atoms with E-state index < -0.39 is 28.9 Å². The Morgan fingerprint density at radius 1 is 1.00 bits per heavy atom. The Kier molecular flexibility index (Phi) is 6.25. The van der Waals surface area contributed by atoms with Gasteiger partial charge in [0.1, 0.15) is 0 Å². The molecule has 0 aliphatic heterocycles. The summed E-state index contributed by atoms with van der Waals surface area (Å²) >= 11 is 0. The van der Waals surface area contributed by atoms with Crippen molar-refractivity contribution in [2.75, 3.05) is 18.0 Å². The van der Waals surface area contributed by atoms with E-state index in [1.54, 1.807) is 0 Å². The molecule has 27 heavy (non-hydrogen) atoms. The molecule has 0 bridgehead atoms. The Morgan fingerprint density at radius 2 is 1.59 bits per heavy atom. The Labute approximate surface area is 156 Å². The van der Waals surface area contributed by atoms with Crippen LogP contribution in [0.5, 0.6) is 0 Å². The Balaban J connectivity index is 2.13. The van der Waals surface area contributed by atoms with Crippen molar-refractivity contribution in [3.05, 3.63) is 64.0 Å². The molecule has 2 aromatic carbocycles. The van der Waals surface area contributed by atoms with Gasteiger partial charge in [-0.15, -0.1) is 0 Å². The van der Waals surface area contributed by atoms with Gasteiger partial charge in [-0.3, -0.25) is 9.59 Å². The molecule has 1 N–H and O–H groups in total. The fourth-order valence-electron chi connectivity index (χ4n) is 3.10. The predicted octanol–water partition coefficient (Wildman–Crippen LogP) is 3.81. The highest BCUT2D eigenvalue weighted by molar-refractivity contribution is 5.95. The van der Waals surface area contributed by atoms with E-state index in [-0.39, 0.29) is 19.0 Å². The zero-order valence-corrected chi connectivity index (χ0v) is 15.6. The van der Waals surface area contributed by atoms with E-state index >= 15 is 0 Å². The summed E-state index contributed by atoms with van der Waals surface area (Å²) in [6, 6.07) is 5.47. The Bertz CT molecular complexity index is 874. The second-order valence-corrected chi connectivity index (χ2v) is 6.40. The zero-order chi connectivity index (χ0) is 20.3. The van der Waals surface area contributed by atoms with Crippen LogP contribution in [0, 0.1) is 38.2 Å². The largest absolute Gasteiger partial charge is 0.350 e. The molecule has 4 nitrogen and oxygen atoms in total. The van der Waals surface area contributed by atoms with Crippen LogP contribution in [0.25, 0.3) is 0 Å². The van der Waals surface area contributed by atoms with Crippen LogP contribution in [0.15, 0.2) is 24.3 Å². The van der Waals surface area contributed by atoms with E-state index in [1.165, 1.54) is 11.8 Å². The first-order valence-corrected chi connectivity index (χ1v) is 8.41. The monoisotopic (exact) mass is 378 g/mol. The number of nitrogens with one attached hydrogen (secondary N) is 1. The number of nitrogens with zero attached hydrogens (tertiary/aromatic N) is 1. The van der Waals surface area contributed by atoms with Crippen LogP contribution in [0.1, 0.15) is 34.0 Å². The molecule has 0 aliphatic carbocycles. The predicted molar refractivity (Wildman–Crippen MR) is 97.3 cm³/mol. The maximum atomic E-state index is 13.7. The van der Waals surface area contributed by atoms with Crippen LogP contribution in [0.4, 0.5) is 18.9 Å². The SMILES string of the molecule is CC(=O)N(CCNC(=O)c1ccc(F)c(F)c1F)c1c(C)cc(C)cc1C. The lowest BCUT2D eigenvalue weighted by Gasteiger charge is -2.25. The molecule has 0 unspecified atom stereocenters. The first-order valence-electron chi connectivity index (χ1n) is 8.41. The Hall–Kier alpha value is -2.83. The van der Waals surface area contributed by atoms with Gasteiger partial charge < -0.3 is 10.2 Å². The maximum Gasteiger partial charge on any atom is 0.254 e. The molecule has 7 heteroatoms. The van der Waals surface area contributed by atoms with Crippen molar-refractivity contribution in [2.24, 2.45) is 0 Å². The van der Waals surface area contributed by atoms with Crippen molar-refractivity contribution < 1.29 is 22.8 Å². The summed E-state index contributed by atoms with van der Waals surface area (Å²) in [7, 11) is 0. The summed E-state index contributed by atoms with van der Waals surface area (Å²) in [4.78, 5) is 25.6. The van der Waals surface area contributed by atoms with Crippen LogP contribution >= 0.6 is 0 Å². The lowest BCUT2D eigenvalue weighted by molar-refractivity contribution is -0.116. The van der Waals surface area contributed by atoms with Gasteiger partial charge in [-0.25, -0.2) is 13.2 Å². The highest BCUT2D eigenvalue weighted by Gasteiger charge is 2.20. The van der Waals surface area contributed by atoms with Crippen LogP contribution < -0.4 is 10.2 Å². The van der Waals surface area contributed by atoms with E-state index in [2.05, 4.69) is 5.32 Å². The minimum Gasteiger partial charge on any atom is -0.350 e. The third-order valence-corrected chi connectivity index (χ3v) is 4.19. The minimum absolute atomic E-state index is 0.0175. The van der Waals surface area contributed by atoms with Crippen molar-refractivity contribution in [2.45, 2.75) is 27.7 Å². The van der Waals surface area contributed by atoms with E-state index in [4.69, 9.17) is 0 Å². The van der Waals surface area contributed by atoms with Gasteiger partial charge in [0.2, 0.25) is 5.91 Å². The average molecular weight is 378 g/mol. The molecular formula is C20H21F3N2O2. The average Bonchev–Trinajstić information content (AvgIpc) is 2.57. The molecule has 0 aliphatic rings. The highest BCUT2D eigenvalue weighted by Crippen LogP contribution is 2.26. The fraction of sp³-hybridized carbons (Fsp3) is 0.300. The second kappa shape index (κ2) is 8.24. The third kappa shape index (κ3) is 4.48. The number of hydrogen-bond acceptors (Lipinski definition) is 2. The molecule has 0 aromatic heterocycles. The smallest absolute Gasteiger partial charge is 0.254 e. The summed E-state index contributed by atoms with van der Waals surface area (Å²) < 4.78 is 39.9. The number of rotatable bonds is 5. The molecule has 2 aromatic rings. The van der Waals surface area contributed by atoms with Crippen molar-refractivity contribution >= 4 is 17.5 Å². The van der Waals surface area contributed by atoms with Crippen LogP contribution in [-0.2, 0) is 4.79 Å². The lowest BCUT2D eigenvalue weighted by Crippen LogP contribution is -2.38. The van der Waals surface area contributed by atoms with Crippen LogP contribution in [0.3, 0.4) is 0 Å². The minimum atomic E-state index is -1.70. The number of amides is 2. The molecule has 0 fully saturated rings. The van der Waals surface area contributed by atoms with Crippen molar-refractivity contribution in [1.82, 2.24) is 5.32 Å². The molecule has 2 rings (SSSR count). The van der Waals surface area contributed by atoms with Gasteiger partial charge in [0.25, 0.3) is 5.91 Å². The molecule has 144 valence electrons. The number of aryl methyl sites for hydroxylation is 3. The van der Waals surface area contributed by atoms with Gasteiger partial charge in [-0.05, 0) is 44.0 Å². The van der Waals surface area contributed by atoms with E-state index in [0.29, 0.717) is 6.07 Å². The first-order chi connectivity index (χ1) is 12.6. The van der Waals surface area contributed by atoms with E-state index in [9.17, 15) is 22.8 Å². The first kappa shape index (κ1) is 20.5. The summed E-state index contributed by atoms with van der Waals surface area (Å²) in [5.74, 6) is -5.69. The quantitative estimate of drug-likeness (QED) is 0.805. The van der Waals surface area contributed by atoms with Gasteiger partial charge in [0.05, 0.1) is 5.56 Å². The topological polar surface area (TPSA) is 49.4 Å². The van der Waals surface area contributed by atoms with Gasteiger partial charge in [0.15, 0.2) is 17.5 Å². The number of carbonyl (C=O) groups excluding carboxylic acids is 2. The van der Waals surface area contributed by atoms with Crippen molar-refractivity contribution in [3.8, 4) is 0 Å².